The van der Waals surface area contributed by atoms with Crippen LogP contribution in [0, 0.1) is 0 Å². The van der Waals surface area contributed by atoms with E-state index in [2.05, 4.69) is 36.8 Å². The summed E-state index contributed by atoms with van der Waals surface area (Å²) < 4.78 is 11.1. The molecule has 0 aliphatic carbocycles. The van der Waals surface area contributed by atoms with Gasteiger partial charge in [0.05, 0.1) is 19.2 Å². The van der Waals surface area contributed by atoms with E-state index in [1.165, 1.54) is 12.1 Å². The van der Waals surface area contributed by atoms with E-state index in [1.54, 1.807) is 37.5 Å². The van der Waals surface area contributed by atoms with Crippen LogP contribution in [0.3, 0.4) is 0 Å². The number of amides is 1. The quantitative estimate of drug-likeness (QED) is 0.422. The van der Waals surface area contributed by atoms with Crippen molar-refractivity contribution >= 4 is 45.6 Å². The maximum absolute atomic E-state index is 12.0. The lowest BCUT2D eigenvalue weighted by Gasteiger charge is -2.07. The molecule has 1 aromatic heterocycles. The van der Waals surface area contributed by atoms with Crippen molar-refractivity contribution in [3.8, 4) is 5.75 Å². The molecular formula is C20H17BrN4O5. The third-order valence-corrected chi connectivity index (χ3v) is 4.38. The molecule has 0 radical (unpaired) electrons. The number of anilines is 2. The Kier molecular flexibility index (Phi) is 6.81. The molecule has 1 amide bonds. The highest BCUT2D eigenvalue weighted by Gasteiger charge is 2.12. The smallest absolute Gasteiger partial charge is 0.337 e. The molecular weight excluding hydrogens is 456 g/mol. The average molecular weight is 473 g/mol. The van der Waals surface area contributed by atoms with Crippen LogP contribution >= 0.6 is 15.9 Å². The molecule has 0 spiro atoms. The Morgan fingerprint density at radius 1 is 1.20 bits per heavy atom. The van der Waals surface area contributed by atoms with Crippen molar-refractivity contribution in [1.29, 1.82) is 0 Å². The highest BCUT2D eigenvalue weighted by atomic mass is 79.9. The summed E-state index contributed by atoms with van der Waals surface area (Å²) in [7, 11) is 1.58. The number of benzene rings is 2. The number of nitrogens with one attached hydrogen (secondary N) is 2. The van der Waals surface area contributed by atoms with Crippen LogP contribution in [0.4, 0.5) is 11.7 Å². The van der Waals surface area contributed by atoms with Gasteiger partial charge >= 0.3 is 12.0 Å². The van der Waals surface area contributed by atoms with Crippen LogP contribution in [0.25, 0.3) is 6.08 Å². The van der Waals surface area contributed by atoms with Gasteiger partial charge in [-0.05, 0) is 42.0 Å². The fraction of sp³-hybridized carbons (Fsp3) is 0.100. The van der Waals surface area contributed by atoms with Gasteiger partial charge in [-0.25, -0.2) is 4.79 Å². The molecule has 9 nitrogen and oxygen atoms in total. The Bertz CT molecular complexity index is 1080. The predicted octanol–water partition coefficient (Wildman–Crippen LogP) is 3.80. The topological polar surface area (TPSA) is 127 Å². The van der Waals surface area contributed by atoms with E-state index in [4.69, 9.17) is 9.15 Å². The lowest BCUT2D eigenvalue weighted by molar-refractivity contribution is -0.112. The van der Waals surface area contributed by atoms with E-state index in [-0.39, 0.29) is 24.0 Å². The van der Waals surface area contributed by atoms with Crippen LogP contribution in [0.2, 0.25) is 0 Å². The summed E-state index contributed by atoms with van der Waals surface area (Å²) in [5.41, 5.74) is 1.32. The van der Waals surface area contributed by atoms with Gasteiger partial charge in [-0.1, -0.05) is 33.2 Å². The van der Waals surface area contributed by atoms with E-state index in [9.17, 15) is 14.7 Å². The molecule has 0 saturated heterocycles. The molecule has 0 saturated carbocycles. The van der Waals surface area contributed by atoms with Gasteiger partial charge in [0.1, 0.15) is 5.75 Å². The monoisotopic (exact) mass is 472 g/mol. The summed E-state index contributed by atoms with van der Waals surface area (Å²) in [6, 6.07) is 12.0. The van der Waals surface area contributed by atoms with Crippen molar-refractivity contribution < 1.29 is 23.8 Å². The molecule has 3 N–H and O–H groups in total. The number of aromatic carboxylic acids is 1. The van der Waals surface area contributed by atoms with E-state index in [0.717, 1.165) is 11.3 Å². The van der Waals surface area contributed by atoms with Crippen LogP contribution in [0.5, 0.6) is 5.75 Å². The van der Waals surface area contributed by atoms with Gasteiger partial charge in [0.15, 0.2) is 0 Å². The van der Waals surface area contributed by atoms with Crippen molar-refractivity contribution in [3.05, 3.63) is 70.0 Å². The molecule has 1 heterocycles. The number of hydrogen-bond donors (Lipinski definition) is 3. The summed E-state index contributed by atoms with van der Waals surface area (Å²) >= 11 is 3.24. The van der Waals surface area contributed by atoms with Crippen molar-refractivity contribution in [1.82, 2.24) is 10.2 Å². The van der Waals surface area contributed by atoms with Crippen molar-refractivity contribution in [2.24, 2.45) is 0 Å². The third-order valence-electron chi connectivity index (χ3n) is 3.88. The number of carbonyl (C=O) groups excluding carboxylic acids is 1. The minimum Gasteiger partial charge on any atom is -0.497 e. The van der Waals surface area contributed by atoms with Crippen LogP contribution in [-0.4, -0.2) is 34.3 Å². The van der Waals surface area contributed by atoms with Gasteiger partial charge in [-0.2, -0.15) is 0 Å². The summed E-state index contributed by atoms with van der Waals surface area (Å²) in [5.74, 6) is -0.595. The number of carbonyl (C=O) groups is 2. The number of methoxy groups -OCH3 is 1. The highest BCUT2D eigenvalue weighted by Crippen LogP contribution is 2.22. The molecule has 154 valence electrons. The molecule has 0 bridgehead atoms. The zero-order valence-corrected chi connectivity index (χ0v) is 17.3. The summed E-state index contributed by atoms with van der Waals surface area (Å²) in [5, 5.41) is 22.3. The molecule has 0 atom stereocenters. The molecule has 10 heteroatoms. The van der Waals surface area contributed by atoms with Crippen LogP contribution in [-0.2, 0) is 11.3 Å². The number of hydrogen-bond acceptors (Lipinski definition) is 7. The van der Waals surface area contributed by atoms with Crippen molar-refractivity contribution in [2.75, 3.05) is 17.7 Å². The number of nitrogens with zero attached hydrogens (tertiary/aromatic N) is 2. The van der Waals surface area contributed by atoms with Crippen LogP contribution < -0.4 is 15.4 Å². The minimum absolute atomic E-state index is 0.0644. The number of ether oxygens (including phenoxy) is 1. The lowest BCUT2D eigenvalue weighted by Crippen LogP contribution is -2.08. The molecule has 2 aromatic carbocycles. The first-order chi connectivity index (χ1) is 14.4. The Morgan fingerprint density at radius 2 is 1.97 bits per heavy atom. The van der Waals surface area contributed by atoms with Gasteiger partial charge in [-0.15, -0.1) is 5.10 Å². The Morgan fingerprint density at radius 3 is 2.67 bits per heavy atom. The Labute approximate surface area is 179 Å². The molecule has 0 fully saturated rings. The fourth-order valence-corrected chi connectivity index (χ4v) is 2.79. The first kappa shape index (κ1) is 21.1. The lowest BCUT2D eigenvalue weighted by atomic mass is 10.2. The predicted molar refractivity (Wildman–Crippen MR) is 113 cm³/mol. The van der Waals surface area contributed by atoms with E-state index < -0.39 is 11.9 Å². The van der Waals surface area contributed by atoms with Gasteiger partial charge in [0.2, 0.25) is 5.89 Å². The Hall–Kier alpha value is -3.66. The first-order valence-electron chi connectivity index (χ1n) is 8.67. The van der Waals surface area contributed by atoms with Gasteiger partial charge in [-0.3, -0.25) is 10.1 Å². The molecule has 0 aliphatic rings. The van der Waals surface area contributed by atoms with Gasteiger partial charge in [0, 0.05) is 16.2 Å². The number of carboxylic acids is 1. The Balaban J connectivity index is 1.56. The summed E-state index contributed by atoms with van der Waals surface area (Å²) in [6.45, 7) is 0.0898. The normalized spacial score (nSPS) is 10.7. The van der Waals surface area contributed by atoms with E-state index in [1.807, 2.05) is 12.1 Å². The summed E-state index contributed by atoms with van der Waals surface area (Å²) in [4.78, 5) is 23.3. The highest BCUT2D eigenvalue weighted by molar-refractivity contribution is 9.10. The molecule has 3 aromatic rings. The zero-order valence-electron chi connectivity index (χ0n) is 15.8. The molecule has 0 aliphatic heterocycles. The number of rotatable bonds is 8. The summed E-state index contributed by atoms with van der Waals surface area (Å²) in [6.07, 6.45) is 2.97. The zero-order chi connectivity index (χ0) is 21.5. The molecule has 0 unspecified atom stereocenters. The largest absolute Gasteiger partial charge is 0.497 e. The first-order valence-corrected chi connectivity index (χ1v) is 9.46. The SMILES string of the molecule is COc1ccc(/C=C/C(=O)Nc2nnc(CNc3ccc(Br)cc3C(=O)O)o2)cc1. The van der Waals surface area contributed by atoms with Crippen molar-refractivity contribution in [2.45, 2.75) is 6.54 Å². The fourth-order valence-electron chi connectivity index (χ4n) is 2.43. The molecule has 3 rings (SSSR count). The van der Waals surface area contributed by atoms with Gasteiger partial charge in [0.25, 0.3) is 5.91 Å². The van der Waals surface area contributed by atoms with Crippen LogP contribution in [0.15, 0.2) is 57.4 Å². The van der Waals surface area contributed by atoms with E-state index >= 15 is 0 Å². The second-order valence-corrected chi connectivity index (χ2v) is 6.86. The second kappa shape index (κ2) is 9.70. The minimum atomic E-state index is -1.07. The number of aromatic nitrogens is 2. The number of halogens is 1. The van der Waals surface area contributed by atoms with E-state index in [0.29, 0.717) is 10.2 Å². The average Bonchev–Trinajstić information content (AvgIpc) is 3.18. The van der Waals surface area contributed by atoms with Crippen LogP contribution in [0.1, 0.15) is 21.8 Å². The standard InChI is InChI=1S/C20H17BrN4O5/c1-29-14-6-2-12(3-7-14)4-9-17(26)23-20-25-24-18(30-20)11-22-16-8-5-13(21)10-15(16)19(27)28/h2-10,22H,11H2,1H3,(H,27,28)(H,23,25,26)/b9-4+. The number of carboxylic acid groups (broad SMARTS) is 1. The molecule has 30 heavy (non-hydrogen) atoms. The van der Waals surface area contributed by atoms with Gasteiger partial charge < -0.3 is 19.6 Å². The maximum atomic E-state index is 12.0. The van der Waals surface area contributed by atoms with Crippen molar-refractivity contribution in [3.63, 3.8) is 0 Å². The third kappa shape index (κ3) is 5.67. The second-order valence-electron chi connectivity index (χ2n) is 5.95. The maximum Gasteiger partial charge on any atom is 0.337 e.